The Morgan fingerprint density at radius 1 is 0.860 bits per heavy atom. The molecule has 0 heterocycles. The Morgan fingerprint density at radius 3 is 2.04 bits per heavy atom. The molecule has 0 saturated heterocycles. The van der Waals surface area contributed by atoms with E-state index in [1.165, 1.54) is 11.8 Å². The fourth-order valence-electron chi connectivity index (χ4n) is 5.66. The number of rotatable bonds is 16. The van der Waals surface area contributed by atoms with E-state index in [4.69, 9.17) is 9.47 Å². The lowest BCUT2D eigenvalue weighted by atomic mass is 9.98. The Labute approximate surface area is 291 Å². The van der Waals surface area contributed by atoms with Gasteiger partial charge in [-0.15, -0.1) is 0 Å². The summed E-state index contributed by atoms with van der Waals surface area (Å²) >= 11 is 1.22. The van der Waals surface area contributed by atoms with Crippen molar-refractivity contribution >= 4 is 41.5 Å². The van der Waals surface area contributed by atoms with Crippen LogP contribution in [-0.4, -0.2) is 85.7 Å². The van der Waals surface area contributed by atoms with Gasteiger partial charge in [0.05, 0.1) is 19.4 Å². The number of carbonyl (C=O) groups is 5. The summed E-state index contributed by atoms with van der Waals surface area (Å²) in [6.07, 6.45) is -4.46. The van der Waals surface area contributed by atoms with Crippen LogP contribution in [-0.2, 0) is 44.8 Å². The molecular weight excluding hydrogens is 677 g/mol. The average molecular weight is 715 g/mol. The minimum Gasteiger partial charge on any atom is -0.467 e. The molecule has 0 spiro atoms. The smallest absolute Gasteiger partial charge is 0.467 e. The van der Waals surface area contributed by atoms with Crippen LogP contribution >= 0.6 is 11.8 Å². The number of hydrogen-bond acceptors (Lipinski definition) is 9. The van der Waals surface area contributed by atoms with Gasteiger partial charge in [-0.25, -0.2) is 4.79 Å². The zero-order valence-corrected chi connectivity index (χ0v) is 28.3. The molecule has 0 aliphatic heterocycles. The molecule has 10 nitrogen and oxygen atoms in total. The van der Waals surface area contributed by atoms with Crippen molar-refractivity contribution in [2.45, 2.75) is 37.6 Å². The van der Waals surface area contributed by atoms with Crippen molar-refractivity contribution in [3.8, 4) is 11.1 Å². The lowest BCUT2D eigenvalue weighted by Gasteiger charge is -2.30. The second-order valence-electron chi connectivity index (χ2n) is 11.5. The molecule has 14 heteroatoms. The Morgan fingerprint density at radius 2 is 1.46 bits per heavy atom. The van der Waals surface area contributed by atoms with Crippen molar-refractivity contribution in [2.24, 2.45) is 5.92 Å². The van der Waals surface area contributed by atoms with Crippen molar-refractivity contribution in [2.75, 3.05) is 38.8 Å². The van der Waals surface area contributed by atoms with E-state index in [1.54, 1.807) is 36.6 Å². The van der Waals surface area contributed by atoms with Gasteiger partial charge in [0.25, 0.3) is 0 Å². The highest BCUT2D eigenvalue weighted by Crippen LogP contribution is 2.44. The van der Waals surface area contributed by atoms with Crippen molar-refractivity contribution < 1.29 is 51.4 Å². The SMILES string of the molecule is COC(=O)C(CCSC)N(CC(=O)NCC(CC(=O)OCc1ccccc1)C(=O)OCC1c2ccccc2-c2ccccc21)C(=O)C(F)(F)F. The second kappa shape index (κ2) is 17.7. The molecule has 4 rings (SSSR count). The zero-order chi connectivity index (χ0) is 36.3. The molecule has 1 N–H and O–H groups in total. The van der Waals surface area contributed by atoms with Crippen LogP contribution in [0.5, 0.6) is 0 Å². The monoisotopic (exact) mass is 714 g/mol. The van der Waals surface area contributed by atoms with Crippen molar-refractivity contribution in [3.05, 3.63) is 95.6 Å². The molecule has 0 radical (unpaired) electrons. The van der Waals surface area contributed by atoms with Crippen LogP contribution in [0.3, 0.4) is 0 Å². The zero-order valence-electron chi connectivity index (χ0n) is 27.4. The molecule has 1 aliphatic rings. The molecule has 2 atom stereocenters. The maximum absolute atomic E-state index is 13.6. The number of benzene rings is 3. The third-order valence-electron chi connectivity index (χ3n) is 8.15. The largest absolute Gasteiger partial charge is 0.471 e. The summed E-state index contributed by atoms with van der Waals surface area (Å²) in [5.74, 6) is -7.66. The number of amides is 2. The summed E-state index contributed by atoms with van der Waals surface area (Å²) in [5, 5.41) is 2.34. The highest BCUT2D eigenvalue weighted by molar-refractivity contribution is 7.98. The Kier molecular flexibility index (Phi) is 13.4. The fourth-order valence-corrected chi connectivity index (χ4v) is 6.12. The fraction of sp³-hybridized carbons (Fsp3) is 0.361. The first-order valence-electron chi connectivity index (χ1n) is 15.7. The van der Waals surface area contributed by atoms with Crippen LogP contribution in [0.2, 0.25) is 0 Å². The Hall–Kier alpha value is -4.85. The lowest BCUT2D eigenvalue weighted by Crippen LogP contribution is -2.54. The second-order valence-corrected chi connectivity index (χ2v) is 12.4. The number of ether oxygens (including phenoxy) is 3. The minimum absolute atomic E-state index is 0.0804. The van der Waals surface area contributed by atoms with E-state index in [0.717, 1.165) is 29.4 Å². The molecule has 1 aliphatic carbocycles. The third-order valence-corrected chi connectivity index (χ3v) is 8.80. The number of thioether (sulfide) groups is 1. The third kappa shape index (κ3) is 9.87. The number of carbonyl (C=O) groups excluding carboxylic acids is 5. The first kappa shape index (κ1) is 38.0. The van der Waals surface area contributed by atoms with E-state index in [2.05, 4.69) is 10.1 Å². The van der Waals surface area contributed by atoms with Crippen LogP contribution in [0.25, 0.3) is 11.1 Å². The number of alkyl halides is 3. The van der Waals surface area contributed by atoms with Gasteiger partial charge in [-0.1, -0.05) is 78.9 Å². The molecular formula is C36H37F3N2O8S. The Balaban J connectivity index is 1.49. The predicted molar refractivity (Wildman–Crippen MR) is 179 cm³/mol. The summed E-state index contributed by atoms with van der Waals surface area (Å²) in [6.45, 7) is -1.86. The van der Waals surface area contributed by atoms with E-state index < -0.39 is 67.4 Å². The van der Waals surface area contributed by atoms with Crippen molar-refractivity contribution in [1.29, 1.82) is 0 Å². The topological polar surface area (TPSA) is 128 Å². The van der Waals surface area contributed by atoms with Gasteiger partial charge in [-0.05, 0) is 46.2 Å². The van der Waals surface area contributed by atoms with E-state index >= 15 is 0 Å². The summed E-state index contributed by atoms with van der Waals surface area (Å²) in [7, 11) is 0.959. The quantitative estimate of drug-likeness (QED) is 0.163. The maximum Gasteiger partial charge on any atom is 0.471 e. The standard InChI is InChI=1S/C36H37F3N2O8S/c1-47-34(45)30(16-17-50-2)41(35(46)36(37,38)39)20-31(42)40-19-24(18-32(43)48-21-23-10-4-3-5-11-23)33(44)49-22-29-27-14-8-6-12-25(27)26-13-7-9-15-28(26)29/h3-15,24,29-30H,16-22H2,1-2H3,(H,40,42). The van der Waals surface area contributed by atoms with Crippen LogP contribution in [0.4, 0.5) is 13.2 Å². The molecule has 50 heavy (non-hydrogen) atoms. The molecule has 3 aromatic carbocycles. The van der Waals surface area contributed by atoms with Gasteiger partial charge >= 0.3 is 30.0 Å². The number of hydrogen-bond donors (Lipinski definition) is 1. The lowest BCUT2D eigenvalue weighted by molar-refractivity contribution is -0.190. The van der Waals surface area contributed by atoms with E-state index in [0.29, 0.717) is 5.56 Å². The number of nitrogens with zero attached hydrogens (tertiary/aromatic N) is 1. The number of nitrogens with one attached hydrogen (secondary N) is 1. The molecule has 2 unspecified atom stereocenters. The molecule has 266 valence electrons. The predicted octanol–water partition coefficient (Wildman–Crippen LogP) is 4.89. The van der Waals surface area contributed by atoms with Crippen LogP contribution in [0, 0.1) is 5.92 Å². The first-order valence-corrected chi connectivity index (χ1v) is 17.1. The molecule has 0 fully saturated rings. The number of fused-ring (bicyclic) bond motifs is 3. The summed E-state index contributed by atoms with van der Waals surface area (Å²) in [6, 6.07) is 22.5. The summed E-state index contributed by atoms with van der Waals surface area (Å²) < 4.78 is 56.4. The minimum atomic E-state index is -5.39. The van der Waals surface area contributed by atoms with Gasteiger partial charge in [-0.3, -0.25) is 19.2 Å². The van der Waals surface area contributed by atoms with Crippen molar-refractivity contribution in [1.82, 2.24) is 10.2 Å². The van der Waals surface area contributed by atoms with Gasteiger partial charge in [0, 0.05) is 12.5 Å². The molecule has 0 saturated carbocycles. The summed E-state index contributed by atoms with van der Waals surface area (Å²) in [4.78, 5) is 64.3. The number of esters is 3. The average Bonchev–Trinajstić information content (AvgIpc) is 3.44. The molecule has 2 amide bonds. The first-order chi connectivity index (χ1) is 23.9. The molecule has 0 bridgehead atoms. The van der Waals surface area contributed by atoms with Gasteiger partial charge in [0.15, 0.2) is 0 Å². The number of methoxy groups -OCH3 is 1. The van der Waals surface area contributed by atoms with E-state index in [1.807, 2.05) is 48.5 Å². The van der Waals surface area contributed by atoms with Crippen molar-refractivity contribution in [3.63, 3.8) is 0 Å². The van der Waals surface area contributed by atoms with E-state index in [9.17, 15) is 37.1 Å². The van der Waals surface area contributed by atoms with Gasteiger partial charge in [0.1, 0.15) is 25.8 Å². The highest BCUT2D eigenvalue weighted by atomic mass is 32.2. The van der Waals surface area contributed by atoms with Crippen LogP contribution < -0.4 is 5.32 Å². The summed E-state index contributed by atoms with van der Waals surface area (Å²) in [5.41, 5.74) is 4.59. The maximum atomic E-state index is 13.6. The van der Waals surface area contributed by atoms with Gasteiger partial charge < -0.3 is 24.4 Å². The molecule has 3 aromatic rings. The van der Waals surface area contributed by atoms with Gasteiger partial charge in [-0.2, -0.15) is 24.9 Å². The molecule has 0 aromatic heterocycles. The number of halogens is 3. The Bertz CT molecular complexity index is 1620. The van der Waals surface area contributed by atoms with Crippen LogP contribution in [0.15, 0.2) is 78.9 Å². The van der Waals surface area contributed by atoms with E-state index in [-0.39, 0.29) is 36.2 Å². The van der Waals surface area contributed by atoms with Gasteiger partial charge in [0.2, 0.25) is 5.91 Å². The van der Waals surface area contributed by atoms with Crippen LogP contribution in [0.1, 0.15) is 35.4 Å². The highest BCUT2D eigenvalue weighted by Gasteiger charge is 2.47. The normalized spacial score (nSPS) is 13.3.